The first-order chi connectivity index (χ1) is 7.88. The maximum Gasteiger partial charge on any atom is 0.419 e. The van der Waals surface area contributed by atoms with Crippen LogP contribution < -0.4 is 5.32 Å². The zero-order valence-electron chi connectivity index (χ0n) is 9.31. The molecule has 0 amide bonds. The Morgan fingerprint density at radius 3 is 2.53 bits per heavy atom. The molecule has 0 aliphatic carbocycles. The molecule has 94 valence electrons. The first kappa shape index (κ1) is 12.4. The SMILES string of the molecule is CC1CNC(c2ccc(F)c(C(F)(F)F)c2)C1. The standard InChI is InChI=1S/C12H13F4N/c1-7-4-11(17-6-7)8-2-3-10(13)9(5-8)12(14,15)16/h2-3,5,7,11,17H,4,6H2,1H3. The third-order valence-corrected chi connectivity index (χ3v) is 3.05. The van der Waals surface area contributed by atoms with Crippen LogP contribution in [-0.4, -0.2) is 6.54 Å². The van der Waals surface area contributed by atoms with Crippen LogP contribution in [-0.2, 0) is 6.18 Å². The normalized spacial score (nSPS) is 25.2. The molecule has 1 heterocycles. The van der Waals surface area contributed by atoms with Crippen molar-refractivity contribution in [2.75, 3.05) is 6.54 Å². The summed E-state index contributed by atoms with van der Waals surface area (Å²) in [7, 11) is 0. The van der Waals surface area contributed by atoms with Gasteiger partial charge in [-0.05, 0) is 36.6 Å². The average molecular weight is 247 g/mol. The molecule has 5 heteroatoms. The van der Waals surface area contributed by atoms with Crippen LogP contribution in [0.2, 0.25) is 0 Å². The fraction of sp³-hybridized carbons (Fsp3) is 0.500. The molecule has 2 rings (SSSR count). The second-order valence-electron chi connectivity index (χ2n) is 4.54. The lowest BCUT2D eigenvalue weighted by atomic mass is 9.99. The van der Waals surface area contributed by atoms with E-state index in [1.54, 1.807) is 0 Å². The zero-order valence-corrected chi connectivity index (χ0v) is 9.31. The third kappa shape index (κ3) is 2.60. The molecule has 0 saturated carbocycles. The van der Waals surface area contributed by atoms with Crippen LogP contribution in [0.3, 0.4) is 0 Å². The number of rotatable bonds is 1. The number of benzene rings is 1. The van der Waals surface area contributed by atoms with E-state index in [1.807, 2.05) is 6.92 Å². The van der Waals surface area contributed by atoms with Crippen molar-refractivity contribution in [3.05, 3.63) is 35.1 Å². The van der Waals surface area contributed by atoms with Crippen LogP contribution in [0.25, 0.3) is 0 Å². The molecule has 2 unspecified atom stereocenters. The van der Waals surface area contributed by atoms with E-state index in [0.29, 0.717) is 11.5 Å². The van der Waals surface area contributed by atoms with Crippen molar-refractivity contribution in [3.63, 3.8) is 0 Å². The van der Waals surface area contributed by atoms with Gasteiger partial charge in [-0.1, -0.05) is 13.0 Å². The molecule has 0 spiro atoms. The Balaban J connectivity index is 2.31. The van der Waals surface area contributed by atoms with Gasteiger partial charge in [0.05, 0.1) is 5.56 Å². The predicted octanol–water partition coefficient (Wildman–Crippen LogP) is 3.52. The summed E-state index contributed by atoms with van der Waals surface area (Å²) in [4.78, 5) is 0. The molecule has 1 aliphatic rings. The fourth-order valence-corrected chi connectivity index (χ4v) is 2.14. The highest BCUT2D eigenvalue weighted by molar-refractivity contribution is 5.30. The average Bonchev–Trinajstić information content (AvgIpc) is 2.64. The van der Waals surface area contributed by atoms with Gasteiger partial charge in [0, 0.05) is 6.04 Å². The number of hydrogen-bond donors (Lipinski definition) is 1. The molecule has 1 nitrogen and oxygen atoms in total. The summed E-state index contributed by atoms with van der Waals surface area (Å²) >= 11 is 0. The maximum atomic E-state index is 13.1. The molecule has 1 aliphatic heterocycles. The maximum absolute atomic E-state index is 13.1. The van der Waals surface area contributed by atoms with E-state index in [9.17, 15) is 17.6 Å². The highest BCUT2D eigenvalue weighted by atomic mass is 19.4. The van der Waals surface area contributed by atoms with Gasteiger partial charge in [-0.25, -0.2) is 4.39 Å². The highest BCUT2D eigenvalue weighted by Crippen LogP contribution is 2.35. The van der Waals surface area contributed by atoms with E-state index in [-0.39, 0.29) is 6.04 Å². The molecule has 1 fully saturated rings. The molecule has 1 aromatic rings. The Bertz CT molecular complexity index is 413. The molecule has 1 aromatic carbocycles. The number of hydrogen-bond acceptors (Lipinski definition) is 1. The van der Waals surface area contributed by atoms with Gasteiger partial charge in [-0.15, -0.1) is 0 Å². The summed E-state index contributed by atoms with van der Waals surface area (Å²) in [6.45, 7) is 2.81. The third-order valence-electron chi connectivity index (χ3n) is 3.05. The lowest BCUT2D eigenvalue weighted by Crippen LogP contribution is -2.15. The highest BCUT2D eigenvalue weighted by Gasteiger charge is 2.35. The topological polar surface area (TPSA) is 12.0 Å². The molecule has 0 aromatic heterocycles. The van der Waals surface area contributed by atoms with Gasteiger partial charge < -0.3 is 5.32 Å². The Labute approximate surface area is 96.8 Å². The van der Waals surface area contributed by atoms with Crippen LogP contribution in [0.15, 0.2) is 18.2 Å². The smallest absolute Gasteiger partial charge is 0.310 e. The second kappa shape index (κ2) is 4.29. The molecule has 0 bridgehead atoms. The first-order valence-corrected chi connectivity index (χ1v) is 5.48. The summed E-state index contributed by atoms with van der Waals surface area (Å²) in [5.41, 5.74) is -0.681. The van der Waals surface area contributed by atoms with Crippen molar-refractivity contribution in [2.45, 2.75) is 25.6 Å². The van der Waals surface area contributed by atoms with Crippen molar-refractivity contribution >= 4 is 0 Å². The van der Waals surface area contributed by atoms with Crippen molar-refractivity contribution in [1.82, 2.24) is 5.32 Å². The fourth-order valence-electron chi connectivity index (χ4n) is 2.14. The number of nitrogens with one attached hydrogen (secondary N) is 1. The van der Waals surface area contributed by atoms with Crippen LogP contribution >= 0.6 is 0 Å². The van der Waals surface area contributed by atoms with Crippen molar-refractivity contribution in [3.8, 4) is 0 Å². The summed E-state index contributed by atoms with van der Waals surface area (Å²) in [5, 5.41) is 3.13. The van der Waals surface area contributed by atoms with E-state index in [4.69, 9.17) is 0 Å². The molecular formula is C12H13F4N. The molecular weight excluding hydrogens is 234 g/mol. The summed E-state index contributed by atoms with van der Waals surface area (Å²) in [6.07, 6.45) is -3.85. The molecule has 0 radical (unpaired) electrons. The Hall–Kier alpha value is -1.10. The Morgan fingerprint density at radius 2 is 2.00 bits per heavy atom. The van der Waals surface area contributed by atoms with E-state index >= 15 is 0 Å². The van der Waals surface area contributed by atoms with Gasteiger partial charge in [-0.2, -0.15) is 13.2 Å². The van der Waals surface area contributed by atoms with Gasteiger partial charge in [0.15, 0.2) is 0 Å². The predicted molar refractivity (Wildman–Crippen MR) is 55.9 cm³/mol. The molecule has 2 atom stereocenters. The molecule has 1 N–H and O–H groups in total. The zero-order chi connectivity index (χ0) is 12.6. The number of alkyl halides is 3. The summed E-state index contributed by atoms with van der Waals surface area (Å²) < 4.78 is 50.7. The largest absolute Gasteiger partial charge is 0.419 e. The molecule has 1 saturated heterocycles. The van der Waals surface area contributed by atoms with Crippen LogP contribution in [0.1, 0.15) is 30.5 Å². The Kier molecular flexibility index (Phi) is 3.12. The van der Waals surface area contributed by atoms with Gasteiger partial charge in [0.1, 0.15) is 5.82 Å². The minimum atomic E-state index is -4.63. The van der Waals surface area contributed by atoms with Crippen LogP contribution in [0, 0.1) is 11.7 Å². The van der Waals surface area contributed by atoms with E-state index in [0.717, 1.165) is 25.1 Å². The van der Waals surface area contributed by atoms with Gasteiger partial charge >= 0.3 is 6.18 Å². The van der Waals surface area contributed by atoms with Crippen molar-refractivity contribution in [2.24, 2.45) is 5.92 Å². The van der Waals surface area contributed by atoms with Crippen LogP contribution in [0.4, 0.5) is 17.6 Å². The van der Waals surface area contributed by atoms with Crippen LogP contribution in [0.5, 0.6) is 0 Å². The van der Waals surface area contributed by atoms with E-state index < -0.39 is 17.6 Å². The Morgan fingerprint density at radius 1 is 1.29 bits per heavy atom. The summed E-state index contributed by atoms with van der Waals surface area (Å²) in [6, 6.07) is 3.11. The van der Waals surface area contributed by atoms with Gasteiger partial charge in [-0.3, -0.25) is 0 Å². The summed E-state index contributed by atoms with van der Waals surface area (Å²) in [5.74, 6) is -0.785. The minimum absolute atomic E-state index is 0.105. The minimum Gasteiger partial charge on any atom is -0.310 e. The van der Waals surface area contributed by atoms with Gasteiger partial charge in [0.25, 0.3) is 0 Å². The monoisotopic (exact) mass is 247 g/mol. The molecule has 17 heavy (non-hydrogen) atoms. The van der Waals surface area contributed by atoms with Crippen molar-refractivity contribution in [1.29, 1.82) is 0 Å². The first-order valence-electron chi connectivity index (χ1n) is 5.48. The second-order valence-corrected chi connectivity index (χ2v) is 4.54. The number of halogens is 4. The quantitative estimate of drug-likeness (QED) is 0.749. The van der Waals surface area contributed by atoms with E-state index in [2.05, 4.69) is 5.32 Å². The lowest BCUT2D eigenvalue weighted by molar-refractivity contribution is -0.140. The van der Waals surface area contributed by atoms with E-state index in [1.165, 1.54) is 6.07 Å². The lowest BCUT2D eigenvalue weighted by Gasteiger charge is -2.14. The van der Waals surface area contributed by atoms with Crippen molar-refractivity contribution < 1.29 is 17.6 Å². The van der Waals surface area contributed by atoms with Gasteiger partial charge in [0.2, 0.25) is 0 Å².